The second-order valence-electron chi connectivity index (χ2n) is 13.8. The van der Waals surface area contributed by atoms with Crippen molar-refractivity contribution in [2.75, 3.05) is 0 Å². The van der Waals surface area contributed by atoms with Crippen molar-refractivity contribution in [3.05, 3.63) is 121 Å². The molecule has 0 saturated heterocycles. The van der Waals surface area contributed by atoms with Crippen molar-refractivity contribution in [2.24, 2.45) is 0 Å². The van der Waals surface area contributed by atoms with E-state index in [-0.39, 0.29) is 28.5 Å². The first-order valence-electron chi connectivity index (χ1n) is 17.8. The quantitative estimate of drug-likeness (QED) is 0.0785. The molecule has 11 rings (SSSR count). The third-order valence-electron chi connectivity index (χ3n) is 10.6. The molecule has 0 spiro atoms. The van der Waals surface area contributed by atoms with E-state index in [1.807, 2.05) is 66.7 Å². The smallest absolute Gasteiger partial charge is 0.200 e. The molecular formula is C45H26BN3O6S. The van der Waals surface area contributed by atoms with E-state index in [1.54, 1.807) is 11.3 Å². The molecule has 0 aliphatic carbocycles. The summed E-state index contributed by atoms with van der Waals surface area (Å²) in [5.74, 6) is -2.37. The molecule has 0 atom stereocenters. The van der Waals surface area contributed by atoms with Gasteiger partial charge >= 0.3 is 0 Å². The van der Waals surface area contributed by atoms with E-state index < -0.39 is 23.0 Å². The van der Waals surface area contributed by atoms with E-state index in [4.69, 9.17) is 18.8 Å². The van der Waals surface area contributed by atoms with Crippen LogP contribution in [-0.2, 0) is 0 Å². The maximum Gasteiger partial charge on any atom is 0.200 e. The number of nitrogens with zero attached hydrogens (tertiary/aromatic N) is 3. The van der Waals surface area contributed by atoms with Crippen molar-refractivity contribution in [3.8, 4) is 68.3 Å². The summed E-state index contributed by atoms with van der Waals surface area (Å²) in [6.45, 7) is 0. The Labute approximate surface area is 321 Å². The van der Waals surface area contributed by atoms with Crippen LogP contribution in [0.1, 0.15) is 0 Å². The molecule has 0 radical (unpaired) electrons. The molecule has 4 heterocycles. The highest BCUT2D eigenvalue weighted by Gasteiger charge is 2.26. The lowest BCUT2D eigenvalue weighted by Crippen LogP contribution is -2.08. The Bertz CT molecular complexity index is 3430. The minimum atomic E-state index is -0.797. The molecule has 266 valence electrons. The fourth-order valence-corrected chi connectivity index (χ4v) is 8.94. The second-order valence-corrected chi connectivity index (χ2v) is 14.9. The maximum absolute atomic E-state index is 11.1. The van der Waals surface area contributed by atoms with Gasteiger partial charge in [0.25, 0.3) is 0 Å². The number of aromatic nitrogens is 3. The van der Waals surface area contributed by atoms with Crippen LogP contribution < -0.4 is 5.46 Å². The molecule has 4 aromatic heterocycles. The summed E-state index contributed by atoms with van der Waals surface area (Å²) < 4.78 is 15.0. The van der Waals surface area contributed by atoms with Gasteiger partial charge in [-0.05, 0) is 65.1 Å². The molecule has 9 nitrogen and oxygen atoms in total. The highest BCUT2D eigenvalue weighted by Crippen LogP contribution is 2.46. The molecule has 0 bridgehead atoms. The van der Waals surface area contributed by atoms with Gasteiger partial charge in [0.15, 0.2) is 29.0 Å². The lowest BCUT2D eigenvalue weighted by Gasteiger charge is -2.14. The summed E-state index contributed by atoms with van der Waals surface area (Å²) in [5, 5.41) is 49.3. The van der Waals surface area contributed by atoms with Crippen LogP contribution in [0.2, 0.25) is 0 Å². The van der Waals surface area contributed by atoms with Crippen LogP contribution in [0.3, 0.4) is 0 Å². The molecule has 56 heavy (non-hydrogen) atoms. The van der Waals surface area contributed by atoms with Gasteiger partial charge in [-0.3, -0.25) is 0 Å². The van der Waals surface area contributed by atoms with Crippen LogP contribution in [0.4, 0.5) is 0 Å². The number of para-hydroxylation sites is 1. The van der Waals surface area contributed by atoms with Crippen molar-refractivity contribution < 1.29 is 29.3 Å². The van der Waals surface area contributed by atoms with E-state index in [0.29, 0.717) is 22.3 Å². The molecule has 0 aliphatic rings. The van der Waals surface area contributed by atoms with E-state index in [2.05, 4.69) is 59.6 Å². The average molecular weight is 748 g/mol. The van der Waals surface area contributed by atoms with Gasteiger partial charge < -0.3 is 29.3 Å². The van der Waals surface area contributed by atoms with Crippen molar-refractivity contribution in [3.63, 3.8) is 0 Å². The normalized spacial score (nSPS) is 11.9. The van der Waals surface area contributed by atoms with Crippen molar-refractivity contribution in [1.82, 2.24) is 15.0 Å². The first-order chi connectivity index (χ1) is 27.3. The fraction of sp³-hybridized carbons (Fsp3) is 0. The van der Waals surface area contributed by atoms with E-state index >= 15 is 0 Å². The summed E-state index contributed by atoms with van der Waals surface area (Å²) in [5.41, 5.74) is 5.83. The van der Waals surface area contributed by atoms with Crippen LogP contribution in [-0.4, -0.2) is 43.2 Å². The molecule has 0 amide bonds. The van der Waals surface area contributed by atoms with Crippen molar-refractivity contribution in [1.29, 1.82) is 0 Å². The second kappa shape index (κ2) is 11.8. The van der Waals surface area contributed by atoms with Gasteiger partial charge in [-0.25, -0.2) is 15.0 Å². The van der Waals surface area contributed by atoms with E-state index in [1.165, 1.54) is 28.0 Å². The maximum atomic E-state index is 11.1. The largest absolute Gasteiger partial charge is 0.507 e. The standard InChI is InChI=1S/C45H26BN3O6S/c46-37-38(50)36(39(51)41(53)40(37)52)45-48-43(22-12-15-26-25-6-1-3-10-31(25)54-33(26)19-22)47-44(49-45)23-13-16-27-30-18-21(14-17-32(30)55-34(27)20-23)24-8-5-9-29-28-7-2-4-11-35(28)56-42(24)29/h1-20,50-53H,46H2. The lowest BCUT2D eigenvalue weighted by molar-refractivity contribution is 0.365. The van der Waals surface area contributed by atoms with Crippen LogP contribution in [0.15, 0.2) is 130 Å². The minimum Gasteiger partial charge on any atom is -0.507 e. The zero-order valence-corrected chi connectivity index (χ0v) is 30.2. The Morgan fingerprint density at radius 1 is 0.446 bits per heavy atom. The summed E-state index contributed by atoms with van der Waals surface area (Å²) in [6, 6.07) is 40.3. The van der Waals surface area contributed by atoms with Crippen LogP contribution in [0, 0.1) is 0 Å². The number of hydrogen-bond donors (Lipinski definition) is 4. The predicted molar refractivity (Wildman–Crippen MR) is 224 cm³/mol. The number of phenolic OH excluding ortho intramolecular Hbond substituents is 4. The minimum absolute atomic E-state index is 0.0471. The molecule has 7 aromatic carbocycles. The number of benzene rings is 7. The van der Waals surface area contributed by atoms with Gasteiger partial charge in [0, 0.05) is 52.8 Å². The van der Waals surface area contributed by atoms with E-state index in [9.17, 15) is 20.4 Å². The first kappa shape index (κ1) is 32.1. The predicted octanol–water partition coefficient (Wildman–Crippen LogP) is 9.79. The van der Waals surface area contributed by atoms with Gasteiger partial charge in [0.05, 0.1) is 0 Å². The van der Waals surface area contributed by atoms with Gasteiger partial charge in [-0.1, -0.05) is 72.8 Å². The summed E-state index contributed by atoms with van der Waals surface area (Å²) in [4.78, 5) is 14.2. The Balaban J connectivity index is 1.07. The third-order valence-corrected chi connectivity index (χ3v) is 11.8. The average Bonchev–Trinajstić information content (AvgIpc) is 3.92. The number of furan rings is 2. The molecule has 11 heteroatoms. The summed E-state index contributed by atoms with van der Waals surface area (Å²) in [7, 11) is 1.41. The molecule has 4 N–H and O–H groups in total. The topological polar surface area (TPSA) is 146 Å². The molecule has 0 aliphatic heterocycles. The molecule has 0 fully saturated rings. The number of aromatic hydroxyl groups is 4. The Morgan fingerprint density at radius 3 is 1.79 bits per heavy atom. The molecule has 11 aromatic rings. The molecule has 0 unspecified atom stereocenters. The lowest BCUT2D eigenvalue weighted by atomic mass is 9.90. The Kier molecular flexibility index (Phi) is 6.77. The van der Waals surface area contributed by atoms with Crippen LogP contribution in [0.5, 0.6) is 23.0 Å². The van der Waals surface area contributed by atoms with Crippen molar-refractivity contribution in [2.45, 2.75) is 0 Å². The zero-order valence-electron chi connectivity index (χ0n) is 29.4. The van der Waals surface area contributed by atoms with Gasteiger partial charge in [-0.15, -0.1) is 11.3 Å². The highest BCUT2D eigenvalue weighted by molar-refractivity contribution is 7.26. The SMILES string of the molecule is Bc1c(O)c(O)c(O)c(-c2nc(-c3ccc4c(c3)oc3ccccc34)nc(-c3ccc4c(c3)oc3ccc(-c5cccc6c5sc5ccccc56)cc34)n2)c1O. The number of fused-ring (bicyclic) bond motifs is 9. The van der Waals surface area contributed by atoms with Gasteiger partial charge in [0.2, 0.25) is 5.75 Å². The Morgan fingerprint density at radius 2 is 1.04 bits per heavy atom. The third kappa shape index (κ3) is 4.71. The first-order valence-corrected chi connectivity index (χ1v) is 18.6. The monoisotopic (exact) mass is 747 g/mol. The number of thiophene rings is 1. The summed E-state index contributed by atoms with van der Waals surface area (Å²) in [6.07, 6.45) is 0. The van der Waals surface area contributed by atoms with Gasteiger partial charge in [0.1, 0.15) is 41.5 Å². The highest BCUT2D eigenvalue weighted by atomic mass is 32.1. The zero-order chi connectivity index (χ0) is 37.8. The van der Waals surface area contributed by atoms with Crippen molar-refractivity contribution >= 4 is 88.7 Å². The van der Waals surface area contributed by atoms with Gasteiger partial charge in [-0.2, -0.15) is 0 Å². The Hall–Kier alpha value is -7.37. The number of phenols is 4. The molecular weight excluding hydrogens is 721 g/mol. The molecule has 0 saturated carbocycles. The summed E-state index contributed by atoms with van der Waals surface area (Å²) >= 11 is 1.79. The van der Waals surface area contributed by atoms with Crippen LogP contribution >= 0.6 is 11.3 Å². The van der Waals surface area contributed by atoms with Crippen LogP contribution in [0.25, 0.3) is 109 Å². The number of hydrogen-bond acceptors (Lipinski definition) is 10. The fourth-order valence-electron chi connectivity index (χ4n) is 7.70. The number of rotatable bonds is 4. The van der Waals surface area contributed by atoms with E-state index in [0.717, 1.165) is 43.8 Å².